The lowest BCUT2D eigenvalue weighted by molar-refractivity contribution is -0.120. The van der Waals surface area contributed by atoms with Gasteiger partial charge in [0.05, 0.1) is 7.11 Å². The Kier molecular flexibility index (Phi) is 8.29. The van der Waals surface area contributed by atoms with Crippen LogP contribution in [-0.4, -0.2) is 25.0 Å². The number of hydrogen-bond acceptors (Lipinski definition) is 5. The van der Waals surface area contributed by atoms with Crippen LogP contribution in [0.1, 0.15) is 49.4 Å². The highest BCUT2D eigenvalue weighted by Gasteiger charge is 2.25. The lowest BCUT2D eigenvalue weighted by Gasteiger charge is -2.25. The zero-order chi connectivity index (χ0) is 29.0. The Hall–Kier alpha value is -4.32. The highest BCUT2D eigenvalue weighted by Crippen LogP contribution is 2.32. The molecule has 6 nitrogen and oxygen atoms in total. The summed E-state index contributed by atoms with van der Waals surface area (Å²) in [7, 11) is 3.68. The van der Waals surface area contributed by atoms with Crippen LogP contribution in [0.5, 0.6) is 17.2 Å². The largest absolute Gasteiger partial charge is 0.497 e. The number of aryl methyl sites for hydroxylation is 1. The Bertz CT molecular complexity index is 1510. The van der Waals surface area contributed by atoms with Crippen molar-refractivity contribution in [2.24, 2.45) is 5.92 Å². The summed E-state index contributed by atoms with van der Waals surface area (Å²) in [4.78, 5) is 19.8. The van der Waals surface area contributed by atoms with Crippen LogP contribution in [0.25, 0.3) is 0 Å². The van der Waals surface area contributed by atoms with Crippen molar-refractivity contribution >= 4 is 17.4 Å². The number of anilines is 2. The van der Waals surface area contributed by atoms with E-state index in [1.54, 1.807) is 13.3 Å². The smallest absolute Gasteiger partial charge is 0.227 e. The molecule has 6 heteroatoms. The molecule has 5 rings (SSSR count). The molecule has 0 fully saturated rings. The number of nitrogens with one attached hydrogen (secondary N) is 1. The van der Waals surface area contributed by atoms with Gasteiger partial charge in [0, 0.05) is 37.5 Å². The summed E-state index contributed by atoms with van der Waals surface area (Å²) in [6, 6.07) is 26.2. The van der Waals surface area contributed by atoms with Gasteiger partial charge in [-0.2, -0.15) is 0 Å². The number of aromatic nitrogens is 1. The van der Waals surface area contributed by atoms with Crippen molar-refractivity contribution < 1.29 is 14.3 Å². The van der Waals surface area contributed by atoms with Crippen molar-refractivity contribution in [2.75, 3.05) is 24.4 Å². The van der Waals surface area contributed by atoms with Gasteiger partial charge in [-0.25, -0.2) is 4.98 Å². The molecule has 1 heterocycles. The van der Waals surface area contributed by atoms with Crippen molar-refractivity contribution in [1.82, 2.24) is 4.98 Å². The average Bonchev–Trinajstić information content (AvgIpc) is 2.97. The van der Waals surface area contributed by atoms with E-state index >= 15 is 0 Å². The van der Waals surface area contributed by atoms with E-state index in [9.17, 15) is 4.79 Å². The predicted molar refractivity (Wildman–Crippen MR) is 165 cm³/mol. The van der Waals surface area contributed by atoms with E-state index < -0.39 is 0 Å². The highest BCUT2D eigenvalue weighted by molar-refractivity contribution is 5.93. The minimum absolute atomic E-state index is 0.0302. The number of fused-ring (bicyclic) bond motifs is 1. The summed E-state index contributed by atoms with van der Waals surface area (Å²) in [6.07, 6.45) is 4.18. The molecular weight excluding hydrogens is 510 g/mol. The average molecular weight is 550 g/mol. The molecule has 212 valence electrons. The molecule has 1 aromatic heterocycles. The molecule has 0 spiro atoms. The third-order valence-corrected chi connectivity index (χ3v) is 7.70. The third kappa shape index (κ3) is 7.07. The van der Waals surface area contributed by atoms with Crippen molar-refractivity contribution in [3.63, 3.8) is 0 Å². The van der Waals surface area contributed by atoms with Gasteiger partial charge in [0.2, 0.25) is 5.91 Å². The summed E-state index contributed by atoms with van der Waals surface area (Å²) in [5, 5.41) is 3.16. The van der Waals surface area contributed by atoms with E-state index in [1.807, 2.05) is 49.5 Å². The van der Waals surface area contributed by atoms with Crippen LogP contribution in [0, 0.1) is 5.92 Å². The zero-order valence-electron chi connectivity index (χ0n) is 24.6. The van der Waals surface area contributed by atoms with Gasteiger partial charge in [0.1, 0.15) is 23.1 Å². The van der Waals surface area contributed by atoms with E-state index in [-0.39, 0.29) is 17.2 Å². The van der Waals surface area contributed by atoms with Gasteiger partial charge < -0.3 is 19.7 Å². The number of ether oxygens (including phenoxy) is 2. The fraction of sp³-hybridized carbons (Fsp3) is 0.314. The Morgan fingerprint density at radius 3 is 2.46 bits per heavy atom. The molecule has 1 unspecified atom stereocenters. The quantitative estimate of drug-likeness (QED) is 0.246. The number of nitrogens with zero attached hydrogens (tertiary/aromatic N) is 2. The fourth-order valence-corrected chi connectivity index (χ4v) is 5.22. The first kappa shape index (κ1) is 28.2. The van der Waals surface area contributed by atoms with Gasteiger partial charge in [0.25, 0.3) is 0 Å². The molecule has 1 amide bonds. The van der Waals surface area contributed by atoms with E-state index in [0.29, 0.717) is 13.0 Å². The van der Waals surface area contributed by atoms with Crippen LogP contribution >= 0.6 is 0 Å². The number of pyridine rings is 1. The molecule has 0 bridgehead atoms. The second-order valence-corrected chi connectivity index (χ2v) is 11.8. The number of amides is 1. The Balaban J connectivity index is 1.23. The maximum Gasteiger partial charge on any atom is 0.227 e. The Labute approximate surface area is 243 Å². The molecule has 3 aromatic carbocycles. The lowest BCUT2D eigenvalue weighted by atomic mass is 9.83. The van der Waals surface area contributed by atoms with Crippen LogP contribution < -0.4 is 19.7 Å². The van der Waals surface area contributed by atoms with Crippen molar-refractivity contribution in [2.45, 2.75) is 52.0 Å². The monoisotopic (exact) mass is 549 g/mol. The second-order valence-electron chi connectivity index (χ2n) is 11.8. The van der Waals surface area contributed by atoms with Crippen molar-refractivity contribution in [3.05, 3.63) is 107 Å². The molecule has 0 radical (unpaired) electrons. The maximum absolute atomic E-state index is 13.2. The van der Waals surface area contributed by atoms with Crippen LogP contribution in [-0.2, 0) is 29.6 Å². The minimum atomic E-state index is -0.0739. The summed E-state index contributed by atoms with van der Waals surface area (Å²) >= 11 is 0. The highest BCUT2D eigenvalue weighted by atomic mass is 16.5. The number of carbonyl (C=O) groups excluding carboxylic acids is 1. The SMILES string of the molecule is COc1ccc(CN(C)c2cc(Oc3ccc4c(c3)CC(C(=O)Nc3cccc(C(C)(C)C)c3)CC4)ccn2)cc1. The predicted octanol–water partition coefficient (Wildman–Crippen LogP) is 7.56. The zero-order valence-corrected chi connectivity index (χ0v) is 24.6. The lowest BCUT2D eigenvalue weighted by Crippen LogP contribution is -2.28. The maximum atomic E-state index is 13.2. The fourth-order valence-electron chi connectivity index (χ4n) is 5.22. The van der Waals surface area contributed by atoms with E-state index in [4.69, 9.17) is 9.47 Å². The first-order valence-electron chi connectivity index (χ1n) is 14.2. The molecule has 0 aliphatic heterocycles. The van der Waals surface area contributed by atoms with Crippen LogP contribution in [0.4, 0.5) is 11.5 Å². The molecule has 0 saturated heterocycles. The number of methoxy groups -OCH3 is 1. The minimum Gasteiger partial charge on any atom is -0.497 e. The normalized spacial score (nSPS) is 14.6. The first-order valence-corrected chi connectivity index (χ1v) is 14.2. The molecule has 1 aliphatic rings. The molecule has 4 aromatic rings. The molecule has 0 saturated carbocycles. The van der Waals surface area contributed by atoms with E-state index in [2.05, 4.69) is 72.4 Å². The Morgan fingerprint density at radius 1 is 0.951 bits per heavy atom. The van der Waals surface area contributed by atoms with Crippen molar-refractivity contribution in [1.29, 1.82) is 0 Å². The van der Waals surface area contributed by atoms with Gasteiger partial charge in [-0.15, -0.1) is 0 Å². The Morgan fingerprint density at radius 2 is 1.71 bits per heavy atom. The van der Waals surface area contributed by atoms with Crippen LogP contribution in [0.3, 0.4) is 0 Å². The van der Waals surface area contributed by atoms with Gasteiger partial charge in [0.15, 0.2) is 0 Å². The van der Waals surface area contributed by atoms with Crippen molar-refractivity contribution in [3.8, 4) is 17.2 Å². The summed E-state index contributed by atoms with van der Waals surface area (Å²) in [5.74, 6) is 3.15. The van der Waals surface area contributed by atoms with Gasteiger partial charge in [-0.3, -0.25) is 4.79 Å². The summed E-state index contributed by atoms with van der Waals surface area (Å²) in [5.41, 5.74) is 5.71. The molecule has 1 N–H and O–H groups in total. The van der Waals surface area contributed by atoms with Gasteiger partial charge in [-0.05, 0) is 89.4 Å². The second kappa shape index (κ2) is 12.0. The molecule has 1 aliphatic carbocycles. The van der Waals surface area contributed by atoms with Crippen LogP contribution in [0.15, 0.2) is 85.1 Å². The molecule has 41 heavy (non-hydrogen) atoms. The first-order chi connectivity index (χ1) is 19.7. The summed E-state index contributed by atoms with van der Waals surface area (Å²) in [6.45, 7) is 7.25. The molecular formula is C35H39N3O3. The van der Waals surface area contributed by atoms with E-state index in [0.717, 1.165) is 47.2 Å². The number of carbonyl (C=O) groups is 1. The van der Waals surface area contributed by atoms with Gasteiger partial charge >= 0.3 is 0 Å². The summed E-state index contributed by atoms with van der Waals surface area (Å²) < 4.78 is 11.5. The third-order valence-electron chi connectivity index (χ3n) is 7.70. The van der Waals surface area contributed by atoms with E-state index in [1.165, 1.54) is 16.7 Å². The van der Waals surface area contributed by atoms with Gasteiger partial charge in [-0.1, -0.05) is 51.1 Å². The van der Waals surface area contributed by atoms with Crippen LogP contribution in [0.2, 0.25) is 0 Å². The number of hydrogen-bond donors (Lipinski definition) is 1. The molecule has 1 atom stereocenters. The topological polar surface area (TPSA) is 63.7 Å². The standard InChI is InChI=1S/C35H39N3O3/c1-35(2,3)28-7-6-8-29(21-28)37-34(39)26-12-11-25-13-16-31(20-27(25)19-26)41-32-17-18-36-33(22-32)38(4)23-24-9-14-30(40-5)15-10-24/h6-10,13-18,20-22,26H,11-12,19,23H2,1-5H3,(H,37,39). The number of benzene rings is 3. The number of rotatable bonds is 8.